The molecule has 0 saturated carbocycles. The van der Waals surface area contributed by atoms with E-state index in [1.807, 2.05) is 0 Å². The number of unbranched alkanes of at least 4 members (excludes halogenated alkanes) is 3. The number of ether oxygens (including phenoxy) is 1. The van der Waals surface area contributed by atoms with Crippen LogP contribution < -0.4 is 0 Å². The minimum atomic E-state index is 0.346. The maximum atomic E-state index is 5.92. The molecule has 1 unspecified atom stereocenters. The maximum Gasteiger partial charge on any atom is 0.0486 e. The molecule has 1 aliphatic heterocycles. The van der Waals surface area contributed by atoms with E-state index in [9.17, 15) is 0 Å². The monoisotopic (exact) mass is 232 g/mol. The van der Waals surface area contributed by atoms with Crippen LogP contribution in [0.5, 0.6) is 0 Å². The highest BCUT2D eigenvalue weighted by molar-refractivity contribution is 7.80. The topological polar surface area (TPSA) is 9.23 Å². The van der Waals surface area contributed by atoms with Crippen molar-refractivity contribution in [1.29, 1.82) is 0 Å². The van der Waals surface area contributed by atoms with E-state index in [-0.39, 0.29) is 0 Å². The molecule has 1 heterocycles. The van der Waals surface area contributed by atoms with Gasteiger partial charge in [0.2, 0.25) is 0 Å². The summed E-state index contributed by atoms with van der Waals surface area (Å²) in [6, 6.07) is 0. The summed E-state index contributed by atoms with van der Waals surface area (Å²) in [5.41, 5.74) is 0. The lowest BCUT2D eigenvalue weighted by Gasteiger charge is -2.34. The standard InChI is InChI=1S/C11H24OSSi/c13-10-6-2-1-3-7-11(14)8-4-5-9-12-11/h13H,1-10H2,14H3. The van der Waals surface area contributed by atoms with Gasteiger partial charge in [-0.15, -0.1) is 0 Å². The van der Waals surface area contributed by atoms with Gasteiger partial charge in [0.15, 0.2) is 0 Å². The van der Waals surface area contributed by atoms with E-state index >= 15 is 0 Å². The highest BCUT2D eigenvalue weighted by Crippen LogP contribution is 2.27. The summed E-state index contributed by atoms with van der Waals surface area (Å²) in [6.07, 6.45) is 10.7. The van der Waals surface area contributed by atoms with Gasteiger partial charge in [-0.25, -0.2) is 0 Å². The van der Waals surface area contributed by atoms with Crippen LogP contribution >= 0.6 is 12.6 Å². The van der Waals surface area contributed by atoms with Crippen molar-refractivity contribution < 1.29 is 4.74 Å². The van der Waals surface area contributed by atoms with Gasteiger partial charge in [0.05, 0.1) is 0 Å². The van der Waals surface area contributed by atoms with E-state index in [1.54, 1.807) is 0 Å². The summed E-state index contributed by atoms with van der Waals surface area (Å²) >= 11 is 4.22. The Morgan fingerprint density at radius 3 is 2.57 bits per heavy atom. The Bertz CT molecular complexity index is 146. The van der Waals surface area contributed by atoms with Crippen LogP contribution in [-0.2, 0) is 4.74 Å². The first kappa shape index (κ1) is 12.6. The van der Waals surface area contributed by atoms with Gasteiger partial charge in [-0.3, -0.25) is 0 Å². The van der Waals surface area contributed by atoms with Crippen molar-refractivity contribution in [2.45, 2.75) is 56.6 Å². The molecule has 1 saturated heterocycles. The third-order valence-corrected chi connectivity index (χ3v) is 4.77. The van der Waals surface area contributed by atoms with Gasteiger partial charge in [-0.2, -0.15) is 12.6 Å². The lowest BCUT2D eigenvalue weighted by Crippen LogP contribution is -2.36. The summed E-state index contributed by atoms with van der Waals surface area (Å²) in [4.78, 5) is 0. The molecule has 1 fully saturated rings. The zero-order valence-corrected chi connectivity index (χ0v) is 12.3. The number of hydrogen-bond acceptors (Lipinski definition) is 2. The van der Waals surface area contributed by atoms with Crippen LogP contribution in [0.2, 0.25) is 0 Å². The van der Waals surface area contributed by atoms with Crippen molar-refractivity contribution in [2.75, 3.05) is 12.4 Å². The number of rotatable bonds is 6. The summed E-state index contributed by atoms with van der Waals surface area (Å²) in [6.45, 7) is 1.01. The van der Waals surface area contributed by atoms with Gasteiger partial charge in [-0.1, -0.05) is 19.3 Å². The van der Waals surface area contributed by atoms with Crippen LogP contribution in [-0.4, -0.2) is 27.8 Å². The Balaban J connectivity index is 2.03. The molecule has 84 valence electrons. The second-order valence-corrected chi connectivity index (χ2v) is 6.91. The van der Waals surface area contributed by atoms with Gasteiger partial charge in [-0.05, 0) is 37.9 Å². The molecule has 0 N–H and O–H groups in total. The molecule has 0 radical (unpaired) electrons. The molecule has 1 rings (SSSR count). The molecule has 1 atom stereocenters. The smallest absolute Gasteiger partial charge is 0.0486 e. The largest absolute Gasteiger partial charge is 0.380 e. The molecule has 0 amide bonds. The van der Waals surface area contributed by atoms with Gasteiger partial charge < -0.3 is 4.74 Å². The molecule has 0 aliphatic carbocycles. The molecule has 0 aromatic rings. The van der Waals surface area contributed by atoms with E-state index in [4.69, 9.17) is 4.74 Å². The van der Waals surface area contributed by atoms with E-state index in [2.05, 4.69) is 12.6 Å². The second kappa shape index (κ2) is 6.91. The Kier molecular flexibility index (Phi) is 6.22. The Hall–Kier alpha value is 0.527. The van der Waals surface area contributed by atoms with E-state index < -0.39 is 0 Å². The van der Waals surface area contributed by atoms with Crippen molar-refractivity contribution in [1.82, 2.24) is 0 Å². The van der Waals surface area contributed by atoms with Crippen molar-refractivity contribution in [3.8, 4) is 0 Å². The predicted octanol–water partition coefficient (Wildman–Crippen LogP) is 2.13. The third-order valence-electron chi connectivity index (χ3n) is 3.16. The summed E-state index contributed by atoms with van der Waals surface area (Å²) in [5.74, 6) is 1.04. The van der Waals surface area contributed by atoms with Crippen molar-refractivity contribution in [3.05, 3.63) is 0 Å². The van der Waals surface area contributed by atoms with Crippen LogP contribution in [0.1, 0.15) is 51.4 Å². The highest BCUT2D eigenvalue weighted by Gasteiger charge is 2.26. The van der Waals surface area contributed by atoms with Gasteiger partial charge in [0.1, 0.15) is 0 Å². The maximum absolute atomic E-state index is 5.92. The third kappa shape index (κ3) is 4.85. The number of hydrogen-bond donors (Lipinski definition) is 1. The Morgan fingerprint density at radius 2 is 1.93 bits per heavy atom. The van der Waals surface area contributed by atoms with Crippen LogP contribution in [0.4, 0.5) is 0 Å². The highest BCUT2D eigenvalue weighted by atomic mass is 32.1. The average Bonchev–Trinajstić information content (AvgIpc) is 2.18. The molecule has 0 aromatic carbocycles. The van der Waals surface area contributed by atoms with Gasteiger partial charge in [0.25, 0.3) is 0 Å². The van der Waals surface area contributed by atoms with Gasteiger partial charge >= 0.3 is 0 Å². The Labute approximate surface area is 96.8 Å². The van der Waals surface area contributed by atoms with E-state index in [1.165, 1.54) is 61.6 Å². The number of thiol groups is 1. The predicted molar refractivity (Wildman–Crippen MR) is 69.4 cm³/mol. The molecular formula is C11H24OSSi. The Morgan fingerprint density at radius 1 is 1.14 bits per heavy atom. The van der Waals surface area contributed by atoms with Crippen LogP contribution in [0, 0.1) is 0 Å². The fourth-order valence-corrected chi connectivity index (χ4v) is 3.29. The molecule has 1 aliphatic rings. The SMILES string of the molecule is [SiH3]C1(CCCCCCS)CCCCO1. The second-order valence-electron chi connectivity index (χ2n) is 4.64. The molecule has 0 spiro atoms. The lowest BCUT2D eigenvalue weighted by molar-refractivity contribution is -0.0239. The summed E-state index contributed by atoms with van der Waals surface area (Å²) in [5, 5.41) is 0.346. The quantitative estimate of drug-likeness (QED) is 0.419. The first-order valence-electron chi connectivity index (χ1n) is 6.02. The lowest BCUT2D eigenvalue weighted by atomic mass is 10.0. The van der Waals surface area contributed by atoms with Crippen LogP contribution in [0.3, 0.4) is 0 Å². The normalized spacial score (nSPS) is 28.1. The average molecular weight is 232 g/mol. The van der Waals surface area contributed by atoms with Crippen molar-refractivity contribution in [3.63, 3.8) is 0 Å². The minimum absolute atomic E-state index is 0.346. The zero-order valence-electron chi connectivity index (χ0n) is 9.43. The van der Waals surface area contributed by atoms with Crippen molar-refractivity contribution >= 4 is 22.9 Å². The molecule has 14 heavy (non-hydrogen) atoms. The molecule has 0 aromatic heterocycles. The fraction of sp³-hybridized carbons (Fsp3) is 1.00. The first-order valence-corrected chi connectivity index (χ1v) is 7.65. The van der Waals surface area contributed by atoms with Crippen molar-refractivity contribution in [2.24, 2.45) is 0 Å². The van der Waals surface area contributed by atoms with Crippen LogP contribution in [0.25, 0.3) is 0 Å². The first-order chi connectivity index (χ1) is 6.77. The van der Waals surface area contributed by atoms with E-state index in [0.717, 1.165) is 12.4 Å². The molecule has 3 heteroatoms. The van der Waals surface area contributed by atoms with Gasteiger partial charge in [0, 0.05) is 22.1 Å². The molecule has 0 bridgehead atoms. The summed E-state index contributed by atoms with van der Waals surface area (Å²) < 4.78 is 5.92. The van der Waals surface area contributed by atoms with Crippen LogP contribution in [0.15, 0.2) is 0 Å². The minimum Gasteiger partial charge on any atom is -0.380 e. The summed E-state index contributed by atoms with van der Waals surface area (Å²) in [7, 11) is 1.21. The zero-order chi connectivity index (χ0) is 10.3. The fourth-order valence-electron chi connectivity index (χ4n) is 2.15. The van der Waals surface area contributed by atoms with E-state index in [0.29, 0.717) is 5.22 Å². The molecule has 1 nitrogen and oxygen atoms in total. The molecular weight excluding hydrogens is 208 g/mol.